The number of Topliss-reactive ketones (excluding diaryl/α,β-unsaturated/α-hetero) is 1. The van der Waals surface area contributed by atoms with Crippen molar-refractivity contribution in [2.75, 3.05) is 6.54 Å². The molecule has 0 aliphatic rings. The van der Waals surface area contributed by atoms with Gasteiger partial charge in [0, 0.05) is 19.5 Å². The van der Waals surface area contributed by atoms with Gasteiger partial charge in [-0.1, -0.05) is 12.1 Å². The van der Waals surface area contributed by atoms with Gasteiger partial charge >= 0.3 is 11.7 Å². The number of rotatable bonds is 9. The molecule has 138 valence electrons. The van der Waals surface area contributed by atoms with E-state index in [1.165, 1.54) is 12.1 Å². The molecule has 9 heteroatoms. The van der Waals surface area contributed by atoms with Crippen LogP contribution < -0.4 is 16.6 Å². The number of H-pyrrole nitrogens is 1. The van der Waals surface area contributed by atoms with Crippen LogP contribution in [0.4, 0.5) is 4.39 Å². The van der Waals surface area contributed by atoms with Gasteiger partial charge in [0.25, 0.3) is 5.56 Å². The van der Waals surface area contributed by atoms with Gasteiger partial charge < -0.3 is 10.4 Å². The second kappa shape index (κ2) is 8.86. The predicted molar refractivity (Wildman–Crippen MR) is 90.6 cm³/mol. The Morgan fingerprint density at radius 1 is 1.19 bits per heavy atom. The average Bonchev–Trinajstić information content (AvgIpc) is 2.60. The molecule has 0 radical (unpaired) electrons. The van der Waals surface area contributed by atoms with E-state index in [-0.39, 0.29) is 30.9 Å². The molecule has 1 aromatic heterocycles. The van der Waals surface area contributed by atoms with Crippen LogP contribution in [0.1, 0.15) is 28.8 Å². The summed E-state index contributed by atoms with van der Waals surface area (Å²) in [4.78, 5) is 46.8. The number of ketones is 1. The molecule has 8 nitrogen and oxygen atoms in total. The summed E-state index contributed by atoms with van der Waals surface area (Å²) in [5, 5.41) is 11.8. The van der Waals surface area contributed by atoms with Gasteiger partial charge in [-0.3, -0.25) is 19.1 Å². The summed E-state index contributed by atoms with van der Waals surface area (Å²) >= 11 is 0. The first kappa shape index (κ1) is 19.3. The largest absolute Gasteiger partial charge is 0.478 e. The molecular formula is C17H18FN3O5. The van der Waals surface area contributed by atoms with Crippen molar-refractivity contribution in [3.05, 3.63) is 68.2 Å². The number of carboxylic acids is 1. The molecule has 2 aromatic rings. The minimum absolute atomic E-state index is 0.0786. The Morgan fingerprint density at radius 2 is 1.88 bits per heavy atom. The third-order valence-corrected chi connectivity index (χ3v) is 3.67. The number of aromatic amines is 1. The highest BCUT2D eigenvalue weighted by Crippen LogP contribution is 2.04. The number of aromatic nitrogens is 2. The number of nitrogens with zero attached hydrogens (tertiary/aromatic N) is 1. The van der Waals surface area contributed by atoms with Gasteiger partial charge in [-0.15, -0.1) is 0 Å². The van der Waals surface area contributed by atoms with Gasteiger partial charge in [0.15, 0.2) is 0 Å². The number of carboxylic acid groups (broad SMARTS) is 1. The SMILES string of the molecule is O=C(CCCn1cc(F)c(=O)[nH]c1=O)CNCc1ccc(C(=O)O)cc1. The molecule has 0 amide bonds. The van der Waals surface area contributed by atoms with E-state index in [0.29, 0.717) is 13.0 Å². The molecule has 0 saturated carbocycles. The topological polar surface area (TPSA) is 121 Å². The number of halogens is 1. The van der Waals surface area contributed by atoms with E-state index in [1.54, 1.807) is 12.1 Å². The maximum atomic E-state index is 13.1. The van der Waals surface area contributed by atoms with Crippen molar-refractivity contribution < 1.29 is 19.1 Å². The van der Waals surface area contributed by atoms with E-state index in [4.69, 9.17) is 5.11 Å². The molecule has 0 aliphatic heterocycles. The number of aryl methyl sites for hydroxylation is 1. The van der Waals surface area contributed by atoms with Gasteiger partial charge in [0.2, 0.25) is 5.82 Å². The third kappa shape index (κ3) is 5.49. The van der Waals surface area contributed by atoms with Gasteiger partial charge in [0.1, 0.15) is 5.78 Å². The van der Waals surface area contributed by atoms with Gasteiger partial charge in [-0.05, 0) is 24.1 Å². The van der Waals surface area contributed by atoms with Crippen molar-refractivity contribution in [1.82, 2.24) is 14.9 Å². The van der Waals surface area contributed by atoms with Crippen molar-refractivity contribution in [3.63, 3.8) is 0 Å². The fourth-order valence-corrected chi connectivity index (χ4v) is 2.30. The summed E-state index contributed by atoms with van der Waals surface area (Å²) in [7, 11) is 0. The predicted octanol–water partition coefficient (Wildman–Crippen LogP) is 0.513. The van der Waals surface area contributed by atoms with Crippen molar-refractivity contribution in [2.24, 2.45) is 0 Å². The number of aromatic carboxylic acids is 1. The highest BCUT2D eigenvalue weighted by atomic mass is 19.1. The zero-order chi connectivity index (χ0) is 19.1. The average molecular weight is 363 g/mol. The van der Waals surface area contributed by atoms with Gasteiger partial charge in [-0.2, -0.15) is 4.39 Å². The second-order valence-corrected chi connectivity index (χ2v) is 5.68. The maximum Gasteiger partial charge on any atom is 0.335 e. The Labute approximate surface area is 147 Å². The standard InChI is InChI=1S/C17H18FN3O5/c18-14-10-21(17(26)20-15(14)23)7-1-2-13(22)9-19-8-11-3-5-12(6-4-11)16(24)25/h3-6,10,19H,1-2,7-9H2,(H,24,25)(H,20,23,26). The van der Waals surface area contributed by atoms with Crippen LogP contribution in [0, 0.1) is 5.82 Å². The smallest absolute Gasteiger partial charge is 0.335 e. The fourth-order valence-electron chi connectivity index (χ4n) is 2.30. The van der Waals surface area contributed by atoms with Crippen LogP contribution in [-0.4, -0.2) is 33.0 Å². The number of hydrogen-bond donors (Lipinski definition) is 3. The molecule has 0 atom stereocenters. The molecule has 3 N–H and O–H groups in total. The van der Waals surface area contributed by atoms with Crippen LogP contribution in [0.2, 0.25) is 0 Å². The van der Waals surface area contributed by atoms with E-state index in [9.17, 15) is 23.6 Å². The van der Waals surface area contributed by atoms with Crippen LogP contribution >= 0.6 is 0 Å². The quantitative estimate of drug-likeness (QED) is 0.597. The Bertz CT molecular complexity index is 902. The normalized spacial score (nSPS) is 10.7. The van der Waals surface area contributed by atoms with E-state index >= 15 is 0 Å². The molecule has 0 saturated heterocycles. The van der Waals surface area contributed by atoms with Gasteiger partial charge in [-0.25, -0.2) is 9.59 Å². The van der Waals surface area contributed by atoms with Crippen LogP contribution in [0.15, 0.2) is 40.1 Å². The summed E-state index contributed by atoms with van der Waals surface area (Å²) < 4.78 is 14.1. The van der Waals surface area contributed by atoms with E-state index in [1.807, 2.05) is 4.98 Å². The zero-order valence-electron chi connectivity index (χ0n) is 13.8. The lowest BCUT2D eigenvalue weighted by Gasteiger charge is -2.06. The minimum atomic E-state index is -1.07. The Morgan fingerprint density at radius 3 is 2.54 bits per heavy atom. The molecule has 1 heterocycles. The molecule has 0 spiro atoms. The van der Waals surface area contributed by atoms with Crippen molar-refractivity contribution in [3.8, 4) is 0 Å². The minimum Gasteiger partial charge on any atom is -0.478 e. The Kier molecular flexibility index (Phi) is 6.56. The number of carbonyl (C=O) groups excluding carboxylic acids is 1. The monoisotopic (exact) mass is 363 g/mol. The Balaban J connectivity index is 1.72. The molecule has 1 aromatic carbocycles. The lowest BCUT2D eigenvalue weighted by molar-refractivity contribution is -0.118. The summed E-state index contributed by atoms with van der Waals surface area (Å²) in [6.45, 7) is 0.653. The lowest BCUT2D eigenvalue weighted by Crippen LogP contribution is -2.31. The highest BCUT2D eigenvalue weighted by molar-refractivity contribution is 5.87. The van der Waals surface area contributed by atoms with Crippen molar-refractivity contribution in [1.29, 1.82) is 0 Å². The molecular weight excluding hydrogens is 345 g/mol. The molecule has 0 unspecified atom stereocenters. The molecule has 2 rings (SSSR count). The summed E-state index contributed by atoms with van der Waals surface area (Å²) in [5.74, 6) is -2.13. The first-order chi connectivity index (χ1) is 12.4. The van der Waals surface area contributed by atoms with Crippen molar-refractivity contribution >= 4 is 11.8 Å². The van der Waals surface area contributed by atoms with E-state index in [2.05, 4.69) is 5.32 Å². The zero-order valence-corrected chi connectivity index (χ0v) is 13.8. The first-order valence-corrected chi connectivity index (χ1v) is 7.90. The van der Waals surface area contributed by atoms with Crippen LogP contribution in [-0.2, 0) is 17.9 Å². The van der Waals surface area contributed by atoms with E-state index < -0.39 is 23.0 Å². The molecule has 0 fully saturated rings. The molecule has 0 bridgehead atoms. The van der Waals surface area contributed by atoms with Crippen molar-refractivity contribution in [2.45, 2.75) is 25.9 Å². The summed E-state index contributed by atoms with van der Waals surface area (Å²) in [5.41, 5.74) is -0.744. The molecule has 0 aliphatic carbocycles. The van der Waals surface area contributed by atoms with Crippen LogP contribution in [0.5, 0.6) is 0 Å². The second-order valence-electron chi connectivity index (χ2n) is 5.68. The van der Waals surface area contributed by atoms with Crippen LogP contribution in [0.25, 0.3) is 0 Å². The third-order valence-electron chi connectivity index (χ3n) is 3.67. The maximum absolute atomic E-state index is 13.1. The first-order valence-electron chi connectivity index (χ1n) is 7.90. The summed E-state index contributed by atoms with van der Waals surface area (Å²) in [6.07, 6.45) is 1.35. The lowest BCUT2D eigenvalue weighted by atomic mass is 10.1. The van der Waals surface area contributed by atoms with Crippen LogP contribution in [0.3, 0.4) is 0 Å². The fraction of sp³-hybridized carbons (Fsp3) is 0.294. The number of hydrogen-bond acceptors (Lipinski definition) is 5. The number of nitrogens with one attached hydrogen (secondary N) is 2. The van der Waals surface area contributed by atoms with E-state index in [0.717, 1.165) is 16.3 Å². The van der Waals surface area contributed by atoms with Gasteiger partial charge in [0.05, 0.1) is 18.3 Å². The summed E-state index contributed by atoms with van der Waals surface area (Å²) in [6, 6.07) is 6.31. The molecule has 26 heavy (non-hydrogen) atoms. The number of carbonyl (C=O) groups is 2. The number of benzene rings is 1. The highest BCUT2D eigenvalue weighted by Gasteiger charge is 2.06. The Hall–Kier alpha value is -3.07.